The van der Waals surface area contributed by atoms with Gasteiger partial charge in [0.1, 0.15) is 0 Å². The Balaban J connectivity index is 0.000000160. The summed E-state index contributed by atoms with van der Waals surface area (Å²) < 4.78 is 0. The highest BCUT2D eigenvalue weighted by Gasteiger charge is 1.99. The van der Waals surface area contributed by atoms with Crippen molar-refractivity contribution in [1.82, 2.24) is 0 Å². The summed E-state index contributed by atoms with van der Waals surface area (Å²) in [6.45, 7) is 10.2. The quantitative estimate of drug-likeness (QED) is 0.166. The van der Waals surface area contributed by atoms with Crippen LogP contribution in [0.15, 0.2) is 200 Å². The summed E-state index contributed by atoms with van der Waals surface area (Å²) in [4.78, 5) is 0. The van der Waals surface area contributed by atoms with Gasteiger partial charge >= 0.3 is 0 Å². The van der Waals surface area contributed by atoms with Gasteiger partial charge in [0.2, 0.25) is 0 Å². The van der Waals surface area contributed by atoms with E-state index >= 15 is 0 Å². The van der Waals surface area contributed by atoms with Gasteiger partial charge in [0.25, 0.3) is 0 Å². The molecule has 288 valence electrons. The maximum absolute atomic E-state index is 5.75. The Labute approximate surface area is 360 Å². The van der Waals surface area contributed by atoms with E-state index in [1.165, 1.54) is 50.1 Å². The fraction of sp³-hybridized carbons (Fsp3) is 0.0943. The molecule has 8 aromatic rings. The molecule has 0 N–H and O–H groups in total. The molecule has 57 heavy (non-hydrogen) atoms. The topological polar surface area (TPSA) is 0 Å². The Morgan fingerprint density at radius 3 is 1.21 bits per heavy atom. The van der Waals surface area contributed by atoms with Crippen molar-refractivity contribution >= 4 is 46.4 Å². The van der Waals surface area contributed by atoms with Gasteiger partial charge < -0.3 is 0 Å². The Morgan fingerprint density at radius 2 is 0.719 bits per heavy atom. The van der Waals surface area contributed by atoms with E-state index in [9.17, 15) is 0 Å². The maximum Gasteiger partial charge on any atom is 0.0621 e. The summed E-state index contributed by atoms with van der Waals surface area (Å²) in [5, 5.41) is 2.66. The van der Waals surface area contributed by atoms with Crippen LogP contribution in [0.1, 0.15) is 27.8 Å². The first kappa shape index (κ1) is 44.6. The molecule has 0 radical (unpaired) electrons. The van der Waals surface area contributed by atoms with Crippen LogP contribution in [-0.4, -0.2) is 0 Å². The molecule has 0 atom stereocenters. The summed E-state index contributed by atoms with van der Waals surface area (Å²) in [5.41, 5.74) is 13.8. The number of benzene rings is 8. The first-order chi connectivity index (χ1) is 27.5. The lowest BCUT2D eigenvalue weighted by atomic mass is 10.0. The molecule has 8 aromatic carbocycles. The summed E-state index contributed by atoms with van der Waals surface area (Å²) >= 11 is 22.8. The van der Waals surface area contributed by atoms with Gasteiger partial charge in [-0.2, -0.15) is 0 Å². The normalized spacial score (nSPS) is 9.84. The minimum Gasteiger partial charge on any atom is -0.0843 e. The Kier molecular flexibility index (Phi) is 18.7. The van der Waals surface area contributed by atoms with Crippen LogP contribution >= 0.6 is 46.4 Å². The Hall–Kier alpha value is -5.08. The lowest BCUT2D eigenvalue weighted by Crippen LogP contribution is -1.80. The van der Waals surface area contributed by atoms with Crippen LogP contribution in [0, 0.1) is 34.6 Å². The smallest absolute Gasteiger partial charge is 0.0621 e. The van der Waals surface area contributed by atoms with Gasteiger partial charge in [-0.25, -0.2) is 0 Å². The molecule has 0 saturated heterocycles. The summed E-state index contributed by atoms with van der Waals surface area (Å²) in [7, 11) is 0. The molecule has 0 bridgehead atoms. The third-order valence-corrected chi connectivity index (χ3v) is 10.0. The summed E-state index contributed by atoms with van der Waals surface area (Å²) in [6.07, 6.45) is 0. The van der Waals surface area contributed by atoms with Crippen LogP contribution in [0.2, 0.25) is 20.1 Å². The zero-order valence-electron chi connectivity index (χ0n) is 33.1. The van der Waals surface area contributed by atoms with Crippen LogP contribution in [0.4, 0.5) is 0 Å². The molecule has 8 rings (SSSR count). The molecule has 0 aromatic heterocycles. The van der Waals surface area contributed by atoms with Gasteiger partial charge in [0, 0.05) is 10.0 Å². The first-order valence-corrected chi connectivity index (χ1v) is 20.2. The Morgan fingerprint density at radius 1 is 0.281 bits per heavy atom. The van der Waals surface area contributed by atoms with Crippen molar-refractivity contribution in [3.63, 3.8) is 0 Å². The molecule has 0 saturated carbocycles. The number of rotatable bonds is 3. The van der Waals surface area contributed by atoms with E-state index in [4.69, 9.17) is 46.4 Å². The standard InChI is InChI=1S/3C13H12.2C7H6Cl2/c1-11-7-5-6-10-13(11)12-8-3-2-4-9-12;1-11-6-5-9-13(10-11)12-7-3-2-4-8-12;1-11-7-9-13(10-8-11)12-5-3-2-4-6-12;1-5-2-6(8)4-7(9)3-5;1-5-3-2-4-6(8)7(5)9/h3*2-10H,1H3;2*2-4H,1H3. The van der Waals surface area contributed by atoms with Gasteiger partial charge in [0.05, 0.1) is 10.0 Å². The van der Waals surface area contributed by atoms with E-state index in [0.717, 1.165) is 11.1 Å². The number of aryl methyl sites for hydroxylation is 5. The van der Waals surface area contributed by atoms with E-state index in [0.29, 0.717) is 20.1 Å². The van der Waals surface area contributed by atoms with Crippen molar-refractivity contribution in [2.75, 3.05) is 0 Å². The molecule has 0 fully saturated rings. The van der Waals surface area contributed by atoms with Gasteiger partial charge in [-0.05, 0) is 109 Å². The molecule has 0 aliphatic heterocycles. The Bertz CT molecular complexity index is 2300. The largest absolute Gasteiger partial charge is 0.0843 e. The molecule has 0 unspecified atom stereocenters. The van der Waals surface area contributed by atoms with Crippen LogP contribution in [0.3, 0.4) is 0 Å². The third kappa shape index (κ3) is 15.8. The van der Waals surface area contributed by atoms with Crippen molar-refractivity contribution in [2.24, 2.45) is 0 Å². The lowest BCUT2D eigenvalue weighted by molar-refractivity contribution is 1.46. The molecule has 0 heterocycles. The maximum atomic E-state index is 5.75. The zero-order valence-corrected chi connectivity index (χ0v) is 36.1. The van der Waals surface area contributed by atoms with E-state index in [-0.39, 0.29) is 0 Å². The highest BCUT2D eigenvalue weighted by molar-refractivity contribution is 6.42. The van der Waals surface area contributed by atoms with Crippen molar-refractivity contribution in [3.8, 4) is 33.4 Å². The monoisotopic (exact) mass is 824 g/mol. The molecule has 0 amide bonds. The number of hydrogen-bond donors (Lipinski definition) is 0. The van der Waals surface area contributed by atoms with Gasteiger partial charge in [0.15, 0.2) is 0 Å². The predicted octanol–water partition coefficient (Wildman–Crippen LogP) is 17.6. The first-order valence-electron chi connectivity index (χ1n) is 18.7. The fourth-order valence-corrected chi connectivity index (χ4v) is 6.63. The van der Waals surface area contributed by atoms with Crippen molar-refractivity contribution < 1.29 is 0 Å². The highest BCUT2D eigenvalue weighted by Crippen LogP contribution is 2.25. The van der Waals surface area contributed by atoms with E-state index in [2.05, 4.69) is 166 Å². The number of hydrogen-bond acceptors (Lipinski definition) is 0. The van der Waals surface area contributed by atoms with Crippen molar-refractivity contribution in [2.45, 2.75) is 34.6 Å². The van der Waals surface area contributed by atoms with Crippen LogP contribution in [0.25, 0.3) is 33.4 Å². The molecular weight excluding hydrogens is 778 g/mol. The van der Waals surface area contributed by atoms with Gasteiger partial charge in [-0.1, -0.05) is 233 Å². The van der Waals surface area contributed by atoms with Crippen LogP contribution < -0.4 is 0 Å². The molecule has 4 heteroatoms. The molecular formula is C53H48Cl4. The second-order valence-electron chi connectivity index (χ2n) is 13.5. The van der Waals surface area contributed by atoms with Crippen molar-refractivity contribution in [1.29, 1.82) is 0 Å². The molecule has 0 aliphatic rings. The second kappa shape index (κ2) is 23.9. The average molecular weight is 827 g/mol. The van der Waals surface area contributed by atoms with E-state index in [1.807, 2.05) is 56.3 Å². The van der Waals surface area contributed by atoms with Gasteiger partial charge in [-0.3, -0.25) is 0 Å². The average Bonchev–Trinajstić information content (AvgIpc) is 3.22. The summed E-state index contributed by atoms with van der Waals surface area (Å²) in [5.74, 6) is 0. The predicted molar refractivity (Wildman–Crippen MR) is 252 cm³/mol. The minimum atomic E-state index is 0.622. The van der Waals surface area contributed by atoms with Crippen LogP contribution in [0.5, 0.6) is 0 Å². The third-order valence-electron chi connectivity index (χ3n) is 8.67. The second-order valence-corrected chi connectivity index (χ2v) is 15.1. The number of halogens is 4. The SMILES string of the molecule is Cc1cc(Cl)cc(Cl)c1.Cc1ccc(-c2ccccc2)cc1.Cc1cccc(-c2ccccc2)c1.Cc1cccc(Cl)c1Cl.Cc1ccccc1-c1ccccc1. The minimum absolute atomic E-state index is 0.622. The van der Waals surface area contributed by atoms with E-state index in [1.54, 1.807) is 12.1 Å². The highest BCUT2D eigenvalue weighted by atomic mass is 35.5. The van der Waals surface area contributed by atoms with Crippen LogP contribution in [-0.2, 0) is 0 Å². The summed E-state index contributed by atoms with van der Waals surface area (Å²) in [6, 6.07) is 68.0. The molecule has 0 nitrogen and oxygen atoms in total. The van der Waals surface area contributed by atoms with E-state index < -0.39 is 0 Å². The fourth-order valence-electron chi connectivity index (χ4n) is 5.65. The van der Waals surface area contributed by atoms with Crippen molar-refractivity contribution in [3.05, 3.63) is 248 Å². The van der Waals surface area contributed by atoms with Gasteiger partial charge in [-0.15, -0.1) is 0 Å². The lowest BCUT2D eigenvalue weighted by Gasteiger charge is -2.04. The molecule has 0 spiro atoms. The molecule has 0 aliphatic carbocycles. The zero-order chi connectivity index (χ0) is 41.0.